The predicted octanol–water partition coefficient (Wildman–Crippen LogP) is 4.07. The Morgan fingerprint density at radius 3 is 2.70 bits per heavy atom. The van der Waals surface area contributed by atoms with Gasteiger partial charge in [-0.1, -0.05) is 67.6 Å². The first-order chi connectivity index (χ1) is 11.1. The van der Waals surface area contributed by atoms with E-state index in [-0.39, 0.29) is 5.91 Å². The second-order valence-corrected chi connectivity index (χ2v) is 7.07. The first-order valence-electron chi connectivity index (χ1n) is 7.70. The molecule has 0 aliphatic heterocycles. The summed E-state index contributed by atoms with van der Waals surface area (Å²) >= 11 is 1.45. The van der Waals surface area contributed by atoms with Gasteiger partial charge in [0.15, 0.2) is 0 Å². The van der Waals surface area contributed by atoms with Gasteiger partial charge in [-0.05, 0) is 22.3 Å². The van der Waals surface area contributed by atoms with Crippen LogP contribution in [0.2, 0.25) is 0 Å². The van der Waals surface area contributed by atoms with Crippen LogP contribution in [0.15, 0.2) is 42.5 Å². The van der Waals surface area contributed by atoms with E-state index in [0.717, 1.165) is 22.4 Å². The number of hydrogen-bond acceptors (Lipinski definition) is 4. The SMILES string of the molecule is CC(C)Cc1nnc(NC(=O)Cc2ccc3ccccc3c2)s1. The standard InChI is InChI=1S/C18H19N3OS/c1-12(2)9-17-20-21-18(23-17)19-16(22)11-13-7-8-14-5-3-4-6-15(14)10-13/h3-8,10,12H,9,11H2,1-2H3,(H,19,21,22). The second kappa shape index (κ2) is 6.87. The summed E-state index contributed by atoms with van der Waals surface area (Å²) in [5.41, 5.74) is 0.994. The number of anilines is 1. The lowest BCUT2D eigenvalue weighted by atomic mass is 10.1. The van der Waals surface area contributed by atoms with Gasteiger partial charge < -0.3 is 5.32 Å². The lowest BCUT2D eigenvalue weighted by Crippen LogP contribution is -2.14. The molecule has 0 radical (unpaired) electrons. The van der Waals surface area contributed by atoms with Crippen LogP contribution in [0.3, 0.4) is 0 Å². The van der Waals surface area contributed by atoms with Gasteiger partial charge >= 0.3 is 0 Å². The van der Waals surface area contributed by atoms with E-state index in [4.69, 9.17) is 0 Å². The Labute approximate surface area is 139 Å². The number of hydrogen-bond donors (Lipinski definition) is 1. The van der Waals surface area contributed by atoms with E-state index < -0.39 is 0 Å². The van der Waals surface area contributed by atoms with Crippen LogP contribution in [0.5, 0.6) is 0 Å². The molecule has 1 heterocycles. The van der Waals surface area contributed by atoms with E-state index in [1.807, 2.05) is 24.3 Å². The summed E-state index contributed by atoms with van der Waals surface area (Å²) in [5, 5.41) is 14.8. The van der Waals surface area contributed by atoms with Crippen LogP contribution in [-0.4, -0.2) is 16.1 Å². The highest BCUT2D eigenvalue weighted by atomic mass is 32.1. The van der Waals surface area contributed by atoms with E-state index in [2.05, 4.69) is 47.6 Å². The number of benzene rings is 2. The first-order valence-corrected chi connectivity index (χ1v) is 8.52. The summed E-state index contributed by atoms with van der Waals surface area (Å²) in [6.07, 6.45) is 1.22. The zero-order valence-electron chi connectivity index (χ0n) is 13.2. The summed E-state index contributed by atoms with van der Waals surface area (Å²) in [6.45, 7) is 4.28. The number of nitrogens with one attached hydrogen (secondary N) is 1. The summed E-state index contributed by atoms with van der Waals surface area (Å²) < 4.78 is 0. The minimum atomic E-state index is -0.0625. The van der Waals surface area contributed by atoms with Gasteiger partial charge in [0.2, 0.25) is 11.0 Å². The maximum absolute atomic E-state index is 12.2. The van der Waals surface area contributed by atoms with Crippen molar-refractivity contribution >= 4 is 33.1 Å². The monoisotopic (exact) mass is 325 g/mol. The molecule has 1 aromatic heterocycles. The molecule has 0 fully saturated rings. The molecule has 2 aromatic carbocycles. The molecule has 0 saturated carbocycles. The Balaban J connectivity index is 1.65. The maximum atomic E-state index is 12.2. The van der Waals surface area contributed by atoms with Gasteiger partial charge in [0.1, 0.15) is 5.01 Å². The molecule has 1 amide bonds. The largest absolute Gasteiger partial charge is 0.300 e. The molecule has 3 aromatic rings. The van der Waals surface area contributed by atoms with Crippen molar-refractivity contribution in [2.24, 2.45) is 5.92 Å². The highest BCUT2D eigenvalue weighted by Crippen LogP contribution is 2.19. The number of carbonyl (C=O) groups excluding carboxylic acids is 1. The van der Waals surface area contributed by atoms with Crippen molar-refractivity contribution in [2.75, 3.05) is 5.32 Å². The van der Waals surface area contributed by atoms with Crippen molar-refractivity contribution < 1.29 is 4.79 Å². The Bertz CT molecular complexity index is 826. The molecule has 1 N–H and O–H groups in total. The average molecular weight is 325 g/mol. The summed E-state index contributed by atoms with van der Waals surface area (Å²) in [7, 11) is 0. The van der Waals surface area contributed by atoms with Crippen LogP contribution in [0, 0.1) is 5.92 Å². The van der Waals surface area contributed by atoms with Crippen LogP contribution in [0.1, 0.15) is 24.4 Å². The molecule has 0 saturated heterocycles. The molecule has 23 heavy (non-hydrogen) atoms. The number of amides is 1. The van der Waals surface area contributed by atoms with Gasteiger partial charge in [-0.15, -0.1) is 10.2 Å². The number of fused-ring (bicyclic) bond motifs is 1. The van der Waals surface area contributed by atoms with Crippen LogP contribution in [0.4, 0.5) is 5.13 Å². The van der Waals surface area contributed by atoms with Crippen LogP contribution >= 0.6 is 11.3 Å². The van der Waals surface area contributed by atoms with Crippen molar-refractivity contribution in [3.63, 3.8) is 0 Å². The highest BCUT2D eigenvalue weighted by molar-refractivity contribution is 7.15. The third-order valence-electron chi connectivity index (χ3n) is 3.47. The van der Waals surface area contributed by atoms with E-state index in [0.29, 0.717) is 17.5 Å². The summed E-state index contributed by atoms with van der Waals surface area (Å²) in [5.74, 6) is 0.469. The lowest BCUT2D eigenvalue weighted by Gasteiger charge is -2.04. The highest BCUT2D eigenvalue weighted by Gasteiger charge is 2.10. The van der Waals surface area contributed by atoms with Crippen molar-refractivity contribution in [1.29, 1.82) is 0 Å². The lowest BCUT2D eigenvalue weighted by molar-refractivity contribution is -0.115. The van der Waals surface area contributed by atoms with Crippen LogP contribution in [-0.2, 0) is 17.6 Å². The Hall–Kier alpha value is -2.27. The fraction of sp³-hybridized carbons (Fsp3) is 0.278. The third kappa shape index (κ3) is 4.13. The molecule has 0 spiro atoms. The molecule has 0 aliphatic rings. The fourth-order valence-electron chi connectivity index (χ4n) is 2.43. The normalized spacial score (nSPS) is 11.1. The van der Waals surface area contributed by atoms with E-state index >= 15 is 0 Å². The summed E-state index contributed by atoms with van der Waals surface area (Å²) in [6, 6.07) is 14.2. The van der Waals surface area contributed by atoms with Crippen molar-refractivity contribution in [3.8, 4) is 0 Å². The van der Waals surface area contributed by atoms with Gasteiger partial charge in [-0.25, -0.2) is 0 Å². The Kier molecular flexibility index (Phi) is 4.67. The molecule has 0 aliphatic carbocycles. The van der Waals surface area contributed by atoms with E-state index in [1.165, 1.54) is 16.7 Å². The number of aromatic nitrogens is 2. The minimum Gasteiger partial charge on any atom is -0.300 e. The van der Waals surface area contributed by atoms with Gasteiger partial charge in [0, 0.05) is 6.42 Å². The number of carbonyl (C=O) groups is 1. The topological polar surface area (TPSA) is 54.9 Å². The molecule has 0 bridgehead atoms. The quantitative estimate of drug-likeness (QED) is 0.769. The van der Waals surface area contributed by atoms with Gasteiger partial charge in [-0.3, -0.25) is 4.79 Å². The third-order valence-corrected chi connectivity index (χ3v) is 4.34. The summed E-state index contributed by atoms with van der Waals surface area (Å²) in [4.78, 5) is 12.2. The molecule has 3 rings (SSSR count). The molecular weight excluding hydrogens is 306 g/mol. The average Bonchev–Trinajstić information content (AvgIpc) is 2.93. The van der Waals surface area contributed by atoms with Gasteiger partial charge in [0.05, 0.1) is 6.42 Å². The smallest absolute Gasteiger partial charge is 0.230 e. The zero-order valence-corrected chi connectivity index (χ0v) is 14.1. The van der Waals surface area contributed by atoms with Crippen LogP contribution < -0.4 is 5.32 Å². The molecule has 0 unspecified atom stereocenters. The Morgan fingerprint density at radius 1 is 1.13 bits per heavy atom. The van der Waals surface area contributed by atoms with E-state index in [1.54, 1.807) is 0 Å². The molecular formula is C18H19N3OS. The molecule has 5 heteroatoms. The fourth-order valence-corrected chi connectivity index (χ4v) is 3.40. The van der Waals surface area contributed by atoms with Crippen molar-refractivity contribution in [1.82, 2.24) is 10.2 Å². The van der Waals surface area contributed by atoms with Gasteiger partial charge in [0.25, 0.3) is 0 Å². The first kappa shape index (κ1) is 15.6. The maximum Gasteiger partial charge on any atom is 0.230 e. The molecule has 0 atom stereocenters. The number of nitrogens with zero attached hydrogens (tertiary/aromatic N) is 2. The van der Waals surface area contributed by atoms with Gasteiger partial charge in [-0.2, -0.15) is 0 Å². The van der Waals surface area contributed by atoms with Crippen molar-refractivity contribution in [2.45, 2.75) is 26.7 Å². The van der Waals surface area contributed by atoms with E-state index in [9.17, 15) is 4.79 Å². The number of rotatable bonds is 5. The minimum absolute atomic E-state index is 0.0625. The molecule has 4 nitrogen and oxygen atoms in total. The van der Waals surface area contributed by atoms with Crippen LogP contribution in [0.25, 0.3) is 10.8 Å². The Morgan fingerprint density at radius 2 is 1.91 bits per heavy atom. The predicted molar refractivity (Wildman–Crippen MR) is 94.7 cm³/mol. The zero-order chi connectivity index (χ0) is 16.2. The second-order valence-electron chi connectivity index (χ2n) is 6.01. The van der Waals surface area contributed by atoms with Crippen molar-refractivity contribution in [3.05, 3.63) is 53.0 Å². The molecule has 118 valence electrons.